The molecule has 0 heterocycles. The maximum absolute atomic E-state index is 11.7. The lowest BCUT2D eigenvalue weighted by atomic mass is 9.93. The fraction of sp³-hybridized carbons (Fsp3) is 0.467. The lowest BCUT2D eigenvalue weighted by Crippen LogP contribution is -2.46. The third-order valence-electron chi connectivity index (χ3n) is 2.90. The number of aliphatic carboxylic acids is 1. The predicted molar refractivity (Wildman–Crippen MR) is 80.1 cm³/mol. The minimum absolute atomic E-state index is 0.421. The van der Waals surface area contributed by atoms with Crippen molar-refractivity contribution in [2.24, 2.45) is 0 Å². The number of ether oxygens (including phenoxy) is 1. The summed E-state index contributed by atoms with van der Waals surface area (Å²) in [6.45, 7) is 6.87. The first kappa shape index (κ1) is 16.8. The van der Waals surface area contributed by atoms with E-state index in [4.69, 9.17) is 10.5 Å². The lowest BCUT2D eigenvalue weighted by Gasteiger charge is -2.25. The third kappa shape index (κ3) is 5.33. The molecule has 6 nitrogen and oxygen atoms in total. The minimum atomic E-state index is -1.12. The predicted octanol–water partition coefficient (Wildman–Crippen LogP) is 2.35. The molecule has 1 aromatic carbocycles. The number of nitrogens with two attached hydrogens (primary N) is 1. The Morgan fingerprint density at radius 2 is 1.76 bits per heavy atom. The molecule has 4 N–H and O–H groups in total. The molecular formula is C15H22N2O4. The van der Waals surface area contributed by atoms with Gasteiger partial charge in [0.15, 0.2) is 0 Å². The topological polar surface area (TPSA) is 102 Å². The van der Waals surface area contributed by atoms with Crippen LogP contribution in [0.5, 0.6) is 0 Å². The van der Waals surface area contributed by atoms with E-state index in [9.17, 15) is 14.7 Å². The van der Waals surface area contributed by atoms with Crippen LogP contribution in [0.3, 0.4) is 0 Å². The molecule has 0 saturated carbocycles. The molecule has 0 aliphatic rings. The molecule has 2 unspecified atom stereocenters. The Morgan fingerprint density at radius 1 is 1.24 bits per heavy atom. The average Bonchev–Trinajstić information content (AvgIpc) is 2.33. The summed E-state index contributed by atoms with van der Waals surface area (Å²) in [4.78, 5) is 23.1. The normalized spacial score (nSPS) is 14.1. The molecule has 0 radical (unpaired) electrons. The second-order valence-electron chi connectivity index (χ2n) is 5.92. The van der Waals surface area contributed by atoms with E-state index in [1.807, 2.05) is 0 Å². The highest BCUT2D eigenvalue weighted by Gasteiger charge is 2.29. The van der Waals surface area contributed by atoms with Crippen LogP contribution in [-0.4, -0.2) is 28.8 Å². The van der Waals surface area contributed by atoms with Gasteiger partial charge < -0.3 is 20.9 Å². The van der Waals surface area contributed by atoms with Crippen molar-refractivity contribution in [3.8, 4) is 0 Å². The largest absolute Gasteiger partial charge is 0.480 e. The highest BCUT2D eigenvalue weighted by molar-refractivity contribution is 5.81. The number of nitrogen functional groups attached to an aromatic ring is 1. The Hall–Kier alpha value is -2.24. The number of hydrogen-bond acceptors (Lipinski definition) is 4. The van der Waals surface area contributed by atoms with Crippen molar-refractivity contribution in [1.82, 2.24) is 5.32 Å². The van der Waals surface area contributed by atoms with Gasteiger partial charge in [-0.2, -0.15) is 0 Å². The number of amides is 1. The Labute approximate surface area is 124 Å². The summed E-state index contributed by atoms with van der Waals surface area (Å²) in [6.07, 6.45) is -0.753. The Kier molecular flexibility index (Phi) is 5.18. The van der Waals surface area contributed by atoms with Crippen molar-refractivity contribution in [3.63, 3.8) is 0 Å². The Balaban J connectivity index is 2.84. The van der Waals surface area contributed by atoms with Crippen molar-refractivity contribution < 1.29 is 19.4 Å². The standard InChI is InChI=1S/C15H22N2O4/c1-9(10-5-7-11(16)8-6-10)12(13(18)19)17-14(20)21-15(2,3)4/h5-9,12H,16H2,1-4H3,(H,17,20)(H,18,19). The number of carbonyl (C=O) groups excluding carboxylic acids is 1. The van der Waals surface area contributed by atoms with Gasteiger partial charge in [-0.3, -0.25) is 0 Å². The van der Waals surface area contributed by atoms with Crippen LogP contribution in [0.2, 0.25) is 0 Å². The van der Waals surface area contributed by atoms with Gasteiger partial charge in [-0.05, 0) is 38.5 Å². The quantitative estimate of drug-likeness (QED) is 0.740. The minimum Gasteiger partial charge on any atom is -0.480 e. The summed E-state index contributed by atoms with van der Waals surface area (Å²) in [5.74, 6) is -1.54. The van der Waals surface area contributed by atoms with Crippen LogP contribution in [0.25, 0.3) is 0 Å². The number of carboxylic acid groups (broad SMARTS) is 1. The first-order chi connectivity index (χ1) is 9.60. The van der Waals surface area contributed by atoms with Gasteiger partial charge in [0.25, 0.3) is 0 Å². The maximum Gasteiger partial charge on any atom is 0.408 e. The molecule has 0 aromatic heterocycles. The monoisotopic (exact) mass is 294 g/mol. The molecule has 1 amide bonds. The first-order valence-corrected chi connectivity index (χ1v) is 6.68. The summed E-state index contributed by atoms with van der Waals surface area (Å²) in [5.41, 5.74) is 6.29. The molecule has 0 fully saturated rings. The summed E-state index contributed by atoms with van der Waals surface area (Å²) < 4.78 is 5.09. The van der Waals surface area contributed by atoms with Crippen LogP contribution in [0.15, 0.2) is 24.3 Å². The zero-order valence-corrected chi connectivity index (χ0v) is 12.7. The summed E-state index contributed by atoms with van der Waals surface area (Å²) in [6, 6.07) is 5.79. The van der Waals surface area contributed by atoms with Gasteiger partial charge in [-0.1, -0.05) is 19.1 Å². The zero-order valence-electron chi connectivity index (χ0n) is 12.7. The third-order valence-corrected chi connectivity index (χ3v) is 2.90. The van der Waals surface area contributed by atoms with Gasteiger partial charge in [0.2, 0.25) is 0 Å². The second kappa shape index (κ2) is 6.47. The SMILES string of the molecule is CC(c1ccc(N)cc1)C(NC(=O)OC(C)(C)C)C(=O)O. The van der Waals surface area contributed by atoms with Crippen LogP contribution in [0, 0.1) is 0 Å². The second-order valence-corrected chi connectivity index (χ2v) is 5.92. The van der Waals surface area contributed by atoms with Crippen molar-refractivity contribution in [2.75, 3.05) is 5.73 Å². The van der Waals surface area contributed by atoms with Gasteiger partial charge in [0.05, 0.1) is 0 Å². The Bertz CT molecular complexity index is 505. The fourth-order valence-electron chi connectivity index (χ4n) is 1.83. The van der Waals surface area contributed by atoms with E-state index in [1.165, 1.54) is 0 Å². The maximum atomic E-state index is 11.7. The van der Waals surface area contributed by atoms with Gasteiger partial charge in [-0.15, -0.1) is 0 Å². The van der Waals surface area contributed by atoms with E-state index in [0.717, 1.165) is 5.56 Å². The van der Waals surface area contributed by atoms with E-state index in [2.05, 4.69) is 5.32 Å². The van der Waals surface area contributed by atoms with Crippen LogP contribution < -0.4 is 11.1 Å². The van der Waals surface area contributed by atoms with Crippen LogP contribution >= 0.6 is 0 Å². The van der Waals surface area contributed by atoms with Crippen LogP contribution in [-0.2, 0) is 9.53 Å². The molecule has 2 atom stereocenters. The van der Waals surface area contributed by atoms with Crippen LogP contribution in [0.4, 0.5) is 10.5 Å². The van der Waals surface area contributed by atoms with E-state index < -0.39 is 29.6 Å². The van der Waals surface area contributed by atoms with Crippen molar-refractivity contribution in [3.05, 3.63) is 29.8 Å². The molecule has 0 bridgehead atoms. The van der Waals surface area contributed by atoms with Gasteiger partial charge in [0.1, 0.15) is 11.6 Å². The average molecular weight is 294 g/mol. The molecule has 6 heteroatoms. The van der Waals surface area contributed by atoms with Gasteiger partial charge in [-0.25, -0.2) is 9.59 Å². The molecule has 1 rings (SSSR count). The number of rotatable bonds is 4. The molecule has 116 valence electrons. The lowest BCUT2D eigenvalue weighted by molar-refractivity contribution is -0.140. The first-order valence-electron chi connectivity index (χ1n) is 6.68. The summed E-state index contributed by atoms with van der Waals surface area (Å²) >= 11 is 0. The van der Waals surface area contributed by atoms with E-state index in [-0.39, 0.29) is 0 Å². The van der Waals surface area contributed by atoms with E-state index in [1.54, 1.807) is 52.0 Å². The summed E-state index contributed by atoms with van der Waals surface area (Å²) in [5, 5.41) is 11.7. The molecule has 0 saturated heterocycles. The number of hydrogen-bond donors (Lipinski definition) is 3. The Morgan fingerprint density at radius 3 is 2.19 bits per heavy atom. The molecule has 21 heavy (non-hydrogen) atoms. The molecule has 0 aliphatic carbocycles. The number of benzene rings is 1. The molecule has 0 spiro atoms. The highest BCUT2D eigenvalue weighted by atomic mass is 16.6. The fourth-order valence-corrected chi connectivity index (χ4v) is 1.83. The van der Waals surface area contributed by atoms with Crippen LogP contribution in [0.1, 0.15) is 39.2 Å². The van der Waals surface area contributed by atoms with E-state index in [0.29, 0.717) is 5.69 Å². The van der Waals surface area contributed by atoms with E-state index >= 15 is 0 Å². The number of carboxylic acids is 1. The zero-order chi connectivity index (χ0) is 16.2. The molecule has 0 aliphatic heterocycles. The van der Waals surface area contributed by atoms with Gasteiger partial charge >= 0.3 is 12.1 Å². The number of anilines is 1. The number of carbonyl (C=O) groups is 2. The van der Waals surface area contributed by atoms with Crippen molar-refractivity contribution in [2.45, 2.75) is 45.3 Å². The van der Waals surface area contributed by atoms with Gasteiger partial charge in [0, 0.05) is 11.6 Å². The molecular weight excluding hydrogens is 272 g/mol. The van der Waals surface area contributed by atoms with Crippen molar-refractivity contribution in [1.29, 1.82) is 0 Å². The number of alkyl carbamates (subject to hydrolysis) is 1. The summed E-state index contributed by atoms with van der Waals surface area (Å²) in [7, 11) is 0. The highest BCUT2D eigenvalue weighted by Crippen LogP contribution is 2.21. The smallest absolute Gasteiger partial charge is 0.408 e. The van der Waals surface area contributed by atoms with Crippen molar-refractivity contribution >= 4 is 17.7 Å². The number of nitrogens with one attached hydrogen (secondary N) is 1. The molecule has 1 aromatic rings.